The van der Waals surface area contributed by atoms with Gasteiger partial charge in [0.1, 0.15) is 17.2 Å². The molecule has 0 saturated carbocycles. The highest BCUT2D eigenvalue weighted by Crippen LogP contribution is 2.28. The molecule has 0 unspecified atom stereocenters. The molecule has 152 valence electrons. The lowest BCUT2D eigenvalue weighted by Crippen LogP contribution is -2.25. The summed E-state index contributed by atoms with van der Waals surface area (Å²) in [5.74, 6) is 1.09. The van der Waals surface area contributed by atoms with Crippen LogP contribution in [0.15, 0.2) is 71.3 Å². The molecule has 2 aromatic heterocycles. The Morgan fingerprint density at radius 2 is 1.90 bits per heavy atom. The smallest absolute Gasteiger partial charge is 0.270 e. The number of aromatic nitrogens is 2. The van der Waals surface area contributed by atoms with Gasteiger partial charge in [0.25, 0.3) is 5.91 Å². The fourth-order valence-electron chi connectivity index (χ4n) is 2.93. The molecule has 0 aliphatic heterocycles. The summed E-state index contributed by atoms with van der Waals surface area (Å²) in [6.45, 7) is 0.260. The molecule has 4 rings (SSSR count). The summed E-state index contributed by atoms with van der Waals surface area (Å²) >= 11 is 12.2. The monoisotopic (exact) mass is 441 g/mol. The molecule has 6 nitrogen and oxygen atoms in total. The third-order valence-electron chi connectivity index (χ3n) is 4.48. The van der Waals surface area contributed by atoms with Crippen LogP contribution in [0.4, 0.5) is 0 Å². The first-order valence-corrected chi connectivity index (χ1v) is 9.81. The number of hydrogen-bond donors (Lipinski definition) is 1. The van der Waals surface area contributed by atoms with Crippen molar-refractivity contribution in [3.05, 3.63) is 88.4 Å². The van der Waals surface area contributed by atoms with E-state index >= 15 is 0 Å². The highest BCUT2D eigenvalue weighted by atomic mass is 35.5. The fourth-order valence-corrected chi connectivity index (χ4v) is 3.22. The van der Waals surface area contributed by atoms with Gasteiger partial charge in [-0.15, -0.1) is 0 Å². The SMILES string of the molecule is COc1ccc(-c2cc(C(=O)NCc3ccco3)n(-c3ccc(Cl)c(Cl)c3)n2)cc1. The number of halogens is 2. The van der Waals surface area contributed by atoms with Gasteiger partial charge < -0.3 is 14.5 Å². The molecule has 1 amide bonds. The molecule has 0 aliphatic carbocycles. The predicted molar refractivity (Wildman–Crippen MR) is 115 cm³/mol. The van der Waals surface area contributed by atoms with Gasteiger partial charge >= 0.3 is 0 Å². The van der Waals surface area contributed by atoms with Crippen molar-refractivity contribution in [1.29, 1.82) is 0 Å². The number of benzene rings is 2. The van der Waals surface area contributed by atoms with E-state index < -0.39 is 0 Å². The molecule has 30 heavy (non-hydrogen) atoms. The van der Waals surface area contributed by atoms with E-state index in [0.717, 1.165) is 11.3 Å². The van der Waals surface area contributed by atoms with Crippen LogP contribution in [0.25, 0.3) is 16.9 Å². The summed E-state index contributed by atoms with van der Waals surface area (Å²) in [6, 6.07) is 17.8. The Labute approximate surface area is 183 Å². The average Bonchev–Trinajstić information content (AvgIpc) is 3.44. The van der Waals surface area contributed by atoms with Crippen LogP contribution in [0.1, 0.15) is 16.2 Å². The molecule has 0 spiro atoms. The van der Waals surface area contributed by atoms with Gasteiger partial charge in [0, 0.05) is 5.56 Å². The molecule has 8 heteroatoms. The number of ether oxygens (including phenoxy) is 1. The molecule has 1 N–H and O–H groups in total. The van der Waals surface area contributed by atoms with Gasteiger partial charge in [-0.1, -0.05) is 23.2 Å². The van der Waals surface area contributed by atoms with Crippen molar-refractivity contribution in [3.8, 4) is 22.7 Å². The molecule has 4 aromatic rings. The van der Waals surface area contributed by atoms with Crippen LogP contribution in [0.5, 0.6) is 5.75 Å². The third-order valence-corrected chi connectivity index (χ3v) is 5.22. The van der Waals surface area contributed by atoms with Gasteiger partial charge in [-0.05, 0) is 60.7 Å². The summed E-state index contributed by atoms with van der Waals surface area (Å²) in [6.07, 6.45) is 1.56. The zero-order valence-electron chi connectivity index (χ0n) is 15.9. The molecule has 0 aliphatic rings. The minimum absolute atomic E-state index is 0.260. The molecule has 2 heterocycles. The lowest BCUT2D eigenvalue weighted by molar-refractivity contribution is 0.0940. The van der Waals surface area contributed by atoms with Gasteiger partial charge in [-0.2, -0.15) is 5.10 Å². The number of hydrogen-bond acceptors (Lipinski definition) is 4. The van der Waals surface area contributed by atoms with E-state index in [1.54, 1.807) is 54.5 Å². The van der Waals surface area contributed by atoms with E-state index in [1.165, 1.54) is 0 Å². The van der Waals surface area contributed by atoms with Crippen molar-refractivity contribution in [2.24, 2.45) is 0 Å². The molecular weight excluding hydrogens is 425 g/mol. The fraction of sp³-hybridized carbons (Fsp3) is 0.0909. The van der Waals surface area contributed by atoms with Crippen LogP contribution < -0.4 is 10.1 Å². The number of carbonyl (C=O) groups is 1. The molecule has 0 saturated heterocycles. The summed E-state index contributed by atoms with van der Waals surface area (Å²) in [5, 5.41) is 8.28. The molecule has 2 aromatic carbocycles. The van der Waals surface area contributed by atoms with Crippen molar-refractivity contribution in [2.45, 2.75) is 6.54 Å². The van der Waals surface area contributed by atoms with E-state index in [-0.39, 0.29) is 12.5 Å². The molecule has 0 bridgehead atoms. The Hall–Kier alpha value is -3.22. The Morgan fingerprint density at radius 3 is 2.57 bits per heavy atom. The molecule has 0 fully saturated rings. The van der Waals surface area contributed by atoms with Crippen molar-refractivity contribution >= 4 is 29.1 Å². The summed E-state index contributed by atoms with van der Waals surface area (Å²) in [7, 11) is 1.61. The van der Waals surface area contributed by atoms with Gasteiger partial charge in [-0.25, -0.2) is 4.68 Å². The number of nitrogens with zero attached hydrogens (tertiary/aromatic N) is 2. The first-order chi connectivity index (χ1) is 14.5. The van der Waals surface area contributed by atoms with Crippen molar-refractivity contribution in [3.63, 3.8) is 0 Å². The number of methoxy groups -OCH3 is 1. The largest absolute Gasteiger partial charge is 0.497 e. The standard InChI is InChI=1S/C22H17Cl2N3O3/c1-29-16-7-4-14(5-8-16)20-12-21(22(28)25-13-17-3-2-10-30-17)27(26-20)15-6-9-18(23)19(24)11-15/h2-12H,13H2,1H3,(H,25,28). The minimum atomic E-state index is -0.301. The molecule has 0 atom stereocenters. The van der Waals surface area contributed by atoms with Crippen molar-refractivity contribution in [2.75, 3.05) is 7.11 Å². The Kier molecular flexibility index (Phi) is 5.79. The second-order valence-corrected chi connectivity index (χ2v) is 7.23. The quantitative estimate of drug-likeness (QED) is 0.436. The normalized spacial score (nSPS) is 10.8. The summed E-state index contributed by atoms with van der Waals surface area (Å²) in [5.41, 5.74) is 2.44. The second kappa shape index (κ2) is 8.65. The lowest BCUT2D eigenvalue weighted by atomic mass is 10.1. The van der Waals surface area contributed by atoms with E-state index in [4.69, 9.17) is 32.4 Å². The number of rotatable bonds is 6. The van der Waals surface area contributed by atoms with E-state index in [9.17, 15) is 4.79 Å². The van der Waals surface area contributed by atoms with E-state index in [2.05, 4.69) is 10.4 Å². The van der Waals surface area contributed by atoms with Gasteiger partial charge in [0.2, 0.25) is 0 Å². The highest BCUT2D eigenvalue weighted by Gasteiger charge is 2.18. The summed E-state index contributed by atoms with van der Waals surface area (Å²) < 4.78 is 12.0. The van der Waals surface area contributed by atoms with Crippen LogP contribution in [-0.2, 0) is 6.54 Å². The maximum absolute atomic E-state index is 12.9. The van der Waals surface area contributed by atoms with Crippen LogP contribution >= 0.6 is 23.2 Å². The highest BCUT2D eigenvalue weighted by molar-refractivity contribution is 6.42. The maximum atomic E-state index is 12.9. The van der Waals surface area contributed by atoms with Crippen molar-refractivity contribution in [1.82, 2.24) is 15.1 Å². The maximum Gasteiger partial charge on any atom is 0.270 e. The molecule has 0 radical (unpaired) electrons. The van der Waals surface area contributed by atoms with Gasteiger partial charge in [-0.3, -0.25) is 4.79 Å². The first kappa shape index (κ1) is 20.1. The van der Waals surface area contributed by atoms with E-state index in [0.29, 0.717) is 32.9 Å². The average molecular weight is 442 g/mol. The summed E-state index contributed by atoms with van der Waals surface area (Å²) in [4.78, 5) is 12.9. The predicted octanol–water partition coefficient (Wildman–Crippen LogP) is 5.38. The van der Waals surface area contributed by atoms with Gasteiger partial charge in [0.05, 0.1) is 41.3 Å². The second-order valence-electron chi connectivity index (χ2n) is 6.42. The Balaban J connectivity index is 1.72. The lowest BCUT2D eigenvalue weighted by Gasteiger charge is -2.08. The third kappa shape index (κ3) is 4.20. The number of nitrogens with one attached hydrogen (secondary N) is 1. The van der Waals surface area contributed by atoms with Crippen LogP contribution in [0, 0.1) is 0 Å². The Bertz CT molecular complexity index is 1170. The topological polar surface area (TPSA) is 69.3 Å². The number of amides is 1. The first-order valence-electron chi connectivity index (χ1n) is 9.05. The van der Waals surface area contributed by atoms with Crippen LogP contribution in [0.3, 0.4) is 0 Å². The van der Waals surface area contributed by atoms with Crippen LogP contribution in [0.2, 0.25) is 10.0 Å². The molecular formula is C22H17Cl2N3O3. The Morgan fingerprint density at radius 1 is 1.10 bits per heavy atom. The zero-order chi connectivity index (χ0) is 21.1. The van der Waals surface area contributed by atoms with Crippen molar-refractivity contribution < 1.29 is 13.9 Å². The van der Waals surface area contributed by atoms with Crippen LogP contribution in [-0.4, -0.2) is 22.8 Å². The van der Waals surface area contributed by atoms with Gasteiger partial charge in [0.15, 0.2) is 0 Å². The number of furan rings is 1. The van der Waals surface area contributed by atoms with E-state index in [1.807, 2.05) is 24.3 Å². The number of carbonyl (C=O) groups excluding carboxylic acids is 1. The zero-order valence-corrected chi connectivity index (χ0v) is 17.4. The minimum Gasteiger partial charge on any atom is -0.497 e.